The van der Waals surface area contributed by atoms with Gasteiger partial charge in [0.15, 0.2) is 5.11 Å². The molecule has 0 aliphatic carbocycles. The van der Waals surface area contributed by atoms with Crippen LogP contribution in [0.15, 0.2) is 35.8 Å². The van der Waals surface area contributed by atoms with Gasteiger partial charge in [0.1, 0.15) is 6.04 Å². The molecule has 1 N–H and O–H groups in total. The van der Waals surface area contributed by atoms with Gasteiger partial charge in [-0.1, -0.05) is 6.07 Å². The summed E-state index contributed by atoms with van der Waals surface area (Å²) >= 11 is 7.48. The highest BCUT2D eigenvalue weighted by Gasteiger charge is 2.32. The molecule has 1 unspecified atom stereocenters. The Morgan fingerprint density at radius 2 is 2.10 bits per heavy atom. The standard InChI is InChI=1S/C16H21N3S2/c1-16(2,3)17-15(20)19-10-9-18-8-4-6-12(18)14(19)13-7-5-11-21-13/h4-8,11,14H,9-10H2,1-3H3,(H,17,20). The van der Waals surface area contributed by atoms with Crippen molar-refractivity contribution in [2.24, 2.45) is 0 Å². The average Bonchev–Trinajstić information content (AvgIpc) is 3.06. The lowest BCUT2D eigenvalue weighted by Gasteiger charge is -2.40. The van der Waals surface area contributed by atoms with Crippen LogP contribution in [0.5, 0.6) is 0 Å². The predicted molar refractivity (Wildman–Crippen MR) is 92.8 cm³/mol. The molecule has 2 aromatic rings. The van der Waals surface area contributed by atoms with Crippen molar-refractivity contribution in [3.8, 4) is 0 Å². The first-order valence-electron chi connectivity index (χ1n) is 7.23. The molecular formula is C16H21N3S2. The molecule has 3 rings (SSSR count). The number of nitrogens with one attached hydrogen (secondary N) is 1. The molecule has 21 heavy (non-hydrogen) atoms. The van der Waals surface area contributed by atoms with Crippen LogP contribution in [0.25, 0.3) is 0 Å². The molecule has 112 valence electrons. The van der Waals surface area contributed by atoms with Crippen molar-refractivity contribution in [2.75, 3.05) is 6.54 Å². The molecule has 0 radical (unpaired) electrons. The largest absolute Gasteiger partial charge is 0.358 e. The summed E-state index contributed by atoms with van der Waals surface area (Å²) in [5, 5.41) is 6.43. The summed E-state index contributed by atoms with van der Waals surface area (Å²) in [7, 11) is 0. The van der Waals surface area contributed by atoms with Crippen molar-refractivity contribution in [2.45, 2.75) is 38.9 Å². The van der Waals surface area contributed by atoms with Gasteiger partial charge in [-0.25, -0.2) is 0 Å². The summed E-state index contributed by atoms with van der Waals surface area (Å²) in [6, 6.07) is 8.86. The van der Waals surface area contributed by atoms with Gasteiger partial charge < -0.3 is 14.8 Å². The van der Waals surface area contributed by atoms with Crippen LogP contribution in [-0.2, 0) is 6.54 Å². The molecule has 0 bridgehead atoms. The molecule has 3 heterocycles. The lowest BCUT2D eigenvalue weighted by Crippen LogP contribution is -2.52. The van der Waals surface area contributed by atoms with E-state index in [2.05, 4.69) is 71.4 Å². The van der Waals surface area contributed by atoms with Gasteiger partial charge in [0.05, 0.1) is 0 Å². The van der Waals surface area contributed by atoms with E-state index in [0.717, 1.165) is 18.2 Å². The van der Waals surface area contributed by atoms with Gasteiger partial charge in [0.2, 0.25) is 0 Å². The van der Waals surface area contributed by atoms with Crippen molar-refractivity contribution < 1.29 is 0 Å². The third kappa shape index (κ3) is 2.99. The lowest BCUT2D eigenvalue weighted by molar-refractivity contribution is 0.281. The molecule has 0 saturated carbocycles. The van der Waals surface area contributed by atoms with E-state index in [1.165, 1.54) is 10.6 Å². The Morgan fingerprint density at radius 3 is 2.76 bits per heavy atom. The summed E-state index contributed by atoms with van der Waals surface area (Å²) in [6.07, 6.45) is 2.16. The van der Waals surface area contributed by atoms with E-state index in [9.17, 15) is 0 Å². The molecular weight excluding hydrogens is 298 g/mol. The zero-order valence-corrected chi connectivity index (χ0v) is 14.3. The van der Waals surface area contributed by atoms with Crippen molar-refractivity contribution in [3.63, 3.8) is 0 Å². The topological polar surface area (TPSA) is 20.2 Å². The zero-order chi connectivity index (χ0) is 15.0. The first-order chi connectivity index (χ1) is 9.96. The van der Waals surface area contributed by atoms with Crippen molar-refractivity contribution in [1.82, 2.24) is 14.8 Å². The highest BCUT2D eigenvalue weighted by Crippen LogP contribution is 2.35. The van der Waals surface area contributed by atoms with E-state index in [4.69, 9.17) is 12.2 Å². The molecule has 3 nitrogen and oxygen atoms in total. The minimum atomic E-state index is -0.0173. The monoisotopic (exact) mass is 319 g/mol. The summed E-state index contributed by atoms with van der Waals surface area (Å²) in [5.41, 5.74) is 1.30. The molecule has 0 spiro atoms. The van der Waals surface area contributed by atoms with E-state index in [1.54, 1.807) is 11.3 Å². The second-order valence-electron chi connectivity index (χ2n) is 6.42. The molecule has 1 aliphatic heterocycles. The molecule has 0 saturated heterocycles. The quantitative estimate of drug-likeness (QED) is 0.811. The zero-order valence-electron chi connectivity index (χ0n) is 12.7. The van der Waals surface area contributed by atoms with Crippen LogP contribution in [0, 0.1) is 0 Å². The molecule has 1 aliphatic rings. The van der Waals surface area contributed by atoms with Gasteiger partial charge in [-0.2, -0.15) is 0 Å². The Bertz CT molecular complexity index is 622. The van der Waals surface area contributed by atoms with Crippen LogP contribution in [0.1, 0.15) is 37.4 Å². The van der Waals surface area contributed by atoms with Crippen LogP contribution >= 0.6 is 23.6 Å². The predicted octanol–water partition coefficient (Wildman–Crippen LogP) is 3.63. The number of aromatic nitrogens is 1. The fraction of sp³-hybridized carbons (Fsp3) is 0.438. The molecule has 1 atom stereocenters. The van der Waals surface area contributed by atoms with Gasteiger partial charge in [0.25, 0.3) is 0 Å². The smallest absolute Gasteiger partial charge is 0.170 e. The summed E-state index contributed by atoms with van der Waals surface area (Å²) in [4.78, 5) is 3.66. The third-order valence-electron chi connectivity index (χ3n) is 3.59. The van der Waals surface area contributed by atoms with E-state index >= 15 is 0 Å². The summed E-state index contributed by atoms with van der Waals surface area (Å²) in [5.74, 6) is 0. The maximum absolute atomic E-state index is 5.69. The molecule has 0 amide bonds. The first-order valence-corrected chi connectivity index (χ1v) is 8.52. The van der Waals surface area contributed by atoms with Gasteiger partial charge in [-0.05, 0) is 56.6 Å². The average molecular weight is 319 g/mol. The normalized spacial score (nSPS) is 18.4. The Morgan fingerprint density at radius 1 is 1.29 bits per heavy atom. The van der Waals surface area contributed by atoms with Crippen LogP contribution in [-0.4, -0.2) is 26.7 Å². The lowest BCUT2D eigenvalue weighted by atomic mass is 10.1. The van der Waals surface area contributed by atoms with Crippen LogP contribution in [0.3, 0.4) is 0 Å². The summed E-state index contributed by atoms with van der Waals surface area (Å²) in [6.45, 7) is 8.35. The minimum Gasteiger partial charge on any atom is -0.358 e. The van der Waals surface area contributed by atoms with E-state index in [1.807, 2.05) is 0 Å². The highest BCUT2D eigenvalue weighted by atomic mass is 32.1. The SMILES string of the molecule is CC(C)(C)NC(=S)N1CCn2cccc2C1c1cccs1. The molecule has 2 aromatic heterocycles. The Hall–Kier alpha value is -1.33. The van der Waals surface area contributed by atoms with Gasteiger partial charge in [0, 0.05) is 35.4 Å². The Balaban J connectivity index is 1.95. The second kappa shape index (κ2) is 5.46. The van der Waals surface area contributed by atoms with Gasteiger partial charge in [-0.15, -0.1) is 11.3 Å². The van der Waals surface area contributed by atoms with Crippen molar-refractivity contribution in [3.05, 3.63) is 46.4 Å². The third-order valence-corrected chi connectivity index (χ3v) is 4.86. The number of hydrogen-bond donors (Lipinski definition) is 1. The van der Waals surface area contributed by atoms with Crippen molar-refractivity contribution >= 4 is 28.7 Å². The van der Waals surface area contributed by atoms with Crippen LogP contribution in [0.4, 0.5) is 0 Å². The maximum Gasteiger partial charge on any atom is 0.170 e. The number of nitrogens with zero attached hydrogens (tertiary/aromatic N) is 2. The number of hydrogen-bond acceptors (Lipinski definition) is 2. The number of thiocarbonyl (C=S) groups is 1. The Labute approximate surface area is 135 Å². The molecule has 0 fully saturated rings. The van der Waals surface area contributed by atoms with Crippen molar-refractivity contribution in [1.29, 1.82) is 0 Å². The van der Waals surface area contributed by atoms with Crippen LogP contribution in [0.2, 0.25) is 0 Å². The molecule has 0 aromatic carbocycles. The number of fused-ring (bicyclic) bond motifs is 1. The highest BCUT2D eigenvalue weighted by molar-refractivity contribution is 7.80. The second-order valence-corrected chi connectivity index (χ2v) is 7.78. The molecule has 5 heteroatoms. The van der Waals surface area contributed by atoms with E-state index in [0.29, 0.717) is 0 Å². The van der Waals surface area contributed by atoms with Gasteiger partial charge >= 0.3 is 0 Å². The van der Waals surface area contributed by atoms with Gasteiger partial charge in [-0.3, -0.25) is 0 Å². The minimum absolute atomic E-state index is 0.0173. The maximum atomic E-state index is 5.69. The van der Waals surface area contributed by atoms with Crippen LogP contribution < -0.4 is 5.32 Å². The van der Waals surface area contributed by atoms with E-state index in [-0.39, 0.29) is 11.6 Å². The van der Waals surface area contributed by atoms with E-state index < -0.39 is 0 Å². The Kier molecular flexibility index (Phi) is 3.80. The fourth-order valence-electron chi connectivity index (χ4n) is 2.74. The number of rotatable bonds is 1. The summed E-state index contributed by atoms with van der Waals surface area (Å²) < 4.78 is 2.33. The first kappa shape index (κ1) is 14.6. The number of thiophene rings is 1. The fourth-order valence-corrected chi connectivity index (χ4v) is 4.09.